The summed E-state index contributed by atoms with van der Waals surface area (Å²) in [6, 6.07) is 0. The van der Waals surface area contributed by atoms with E-state index in [-0.39, 0.29) is 0 Å². The second kappa shape index (κ2) is 3.70. The van der Waals surface area contributed by atoms with E-state index in [0.29, 0.717) is 11.8 Å². The molecule has 2 atom stereocenters. The van der Waals surface area contributed by atoms with Gasteiger partial charge in [0.05, 0.1) is 0 Å². The zero-order valence-corrected chi connectivity index (χ0v) is 7.62. The van der Waals surface area contributed by atoms with Crippen LogP contribution >= 0.6 is 0 Å². The van der Waals surface area contributed by atoms with E-state index in [4.69, 9.17) is 0 Å². The van der Waals surface area contributed by atoms with Gasteiger partial charge in [-0.2, -0.15) is 0 Å². The number of hydrogen-bond donors (Lipinski definition) is 0. The molecule has 0 N–H and O–H groups in total. The van der Waals surface area contributed by atoms with Crippen molar-refractivity contribution in [3.8, 4) is 0 Å². The van der Waals surface area contributed by atoms with Crippen molar-refractivity contribution in [3.63, 3.8) is 0 Å². The minimum absolute atomic E-state index is 0.699. The molecule has 1 aliphatic rings. The Balaban J connectivity index is 2.64. The Labute approximate surface area is 69.2 Å². The van der Waals surface area contributed by atoms with Crippen molar-refractivity contribution in [2.24, 2.45) is 22.7 Å². The number of nitrogens with zero attached hydrogens (tertiary/aromatic N) is 1. The molecule has 1 aliphatic heterocycles. The molecule has 0 saturated heterocycles. The highest BCUT2D eigenvalue weighted by molar-refractivity contribution is 5.71. The van der Waals surface area contributed by atoms with Crippen LogP contribution in [0, 0.1) is 17.8 Å². The van der Waals surface area contributed by atoms with Crippen molar-refractivity contribution in [1.82, 2.24) is 0 Å². The Kier molecular flexibility index (Phi) is 2.86. The van der Waals surface area contributed by atoms with Crippen molar-refractivity contribution >= 4 is 6.21 Å². The first-order chi connectivity index (χ1) is 5.22. The summed E-state index contributed by atoms with van der Waals surface area (Å²) in [5.41, 5.74) is 0. The van der Waals surface area contributed by atoms with Crippen LogP contribution in [0.4, 0.5) is 0 Å². The molecule has 0 bridgehead atoms. The van der Waals surface area contributed by atoms with Gasteiger partial charge in [0.25, 0.3) is 0 Å². The molecule has 0 saturated carbocycles. The predicted molar refractivity (Wildman–Crippen MR) is 50.0 cm³/mol. The second-order valence-corrected chi connectivity index (χ2v) is 3.70. The number of allylic oxidation sites excluding steroid dienone is 2. The molecule has 0 aliphatic carbocycles. The normalized spacial score (nSPS) is 30.9. The van der Waals surface area contributed by atoms with Gasteiger partial charge >= 0.3 is 0 Å². The van der Waals surface area contributed by atoms with E-state index in [1.54, 1.807) is 0 Å². The molecule has 2 unspecified atom stereocenters. The van der Waals surface area contributed by atoms with Crippen LogP contribution in [0.15, 0.2) is 17.1 Å². The molecule has 0 spiro atoms. The van der Waals surface area contributed by atoms with Gasteiger partial charge in [0.15, 0.2) is 0 Å². The zero-order chi connectivity index (χ0) is 8.27. The Bertz CT molecular complexity index is 168. The summed E-state index contributed by atoms with van der Waals surface area (Å²) in [6.07, 6.45) is 6.28. The summed E-state index contributed by atoms with van der Waals surface area (Å²) in [6.45, 7) is 7.81. The summed E-state index contributed by atoms with van der Waals surface area (Å²) in [5.74, 6) is 2.14. The third-order valence-electron chi connectivity index (χ3n) is 2.35. The fourth-order valence-corrected chi connectivity index (χ4v) is 1.66. The van der Waals surface area contributed by atoms with Gasteiger partial charge in [-0.1, -0.05) is 26.8 Å². The Morgan fingerprint density at radius 2 is 2.18 bits per heavy atom. The van der Waals surface area contributed by atoms with E-state index in [1.807, 2.05) is 6.21 Å². The van der Waals surface area contributed by atoms with Gasteiger partial charge in [0.1, 0.15) is 0 Å². The van der Waals surface area contributed by atoms with E-state index in [0.717, 1.165) is 12.5 Å². The summed E-state index contributed by atoms with van der Waals surface area (Å²) in [4.78, 5) is 4.27. The largest absolute Gasteiger partial charge is 0.293 e. The molecule has 0 aromatic heterocycles. The van der Waals surface area contributed by atoms with Crippen molar-refractivity contribution in [2.45, 2.75) is 20.8 Å². The minimum atomic E-state index is 0.699. The summed E-state index contributed by atoms with van der Waals surface area (Å²) in [7, 11) is 0. The third-order valence-corrected chi connectivity index (χ3v) is 2.35. The van der Waals surface area contributed by atoms with Gasteiger partial charge in [-0.25, -0.2) is 0 Å². The molecule has 0 amide bonds. The van der Waals surface area contributed by atoms with Crippen molar-refractivity contribution < 1.29 is 0 Å². The molecule has 0 radical (unpaired) electrons. The Morgan fingerprint density at radius 3 is 2.82 bits per heavy atom. The highest BCUT2D eigenvalue weighted by Crippen LogP contribution is 2.23. The maximum atomic E-state index is 4.27. The van der Waals surface area contributed by atoms with Crippen LogP contribution < -0.4 is 0 Å². The van der Waals surface area contributed by atoms with E-state index >= 15 is 0 Å². The first-order valence-corrected chi connectivity index (χ1v) is 4.38. The molecule has 1 nitrogen and oxygen atoms in total. The quantitative estimate of drug-likeness (QED) is 0.546. The van der Waals surface area contributed by atoms with Gasteiger partial charge in [-0.15, -0.1) is 0 Å². The fraction of sp³-hybridized carbons (Fsp3) is 0.700. The maximum Gasteiger partial charge on any atom is 0.0420 e. The summed E-state index contributed by atoms with van der Waals surface area (Å²) >= 11 is 0. The smallest absolute Gasteiger partial charge is 0.0420 e. The SMILES string of the molecule is CC(C)C1C=CC=NCC1C. The van der Waals surface area contributed by atoms with Crippen LogP contribution in [0.2, 0.25) is 0 Å². The average Bonchev–Trinajstić information content (AvgIpc) is 2.13. The molecule has 1 heteroatoms. The number of hydrogen-bond acceptors (Lipinski definition) is 1. The lowest BCUT2D eigenvalue weighted by Gasteiger charge is -2.21. The average molecular weight is 151 g/mol. The van der Waals surface area contributed by atoms with Crippen LogP contribution in [0.25, 0.3) is 0 Å². The fourth-order valence-electron chi connectivity index (χ4n) is 1.66. The standard InChI is InChI=1S/C10H17N/c1-8(2)10-5-4-6-11-7-9(10)3/h4-6,8-10H,7H2,1-3H3. The van der Waals surface area contributed by atoms with E-state index in [2.05, 4.69) is 37.9 Å². The third kappa shape index (κ3) is 2.18. The molecular weight excluding hydrogens is 134 g/mol. The highest BCUT2D eigenvalue weighted by Gasteiger charge is 2.17. The lowest BCUT2D eigenvalue weighted by atomic mass is 9.84. The predicted octanol–water partition coefficient (Wildman–Crippen LogP) is 2.54. The van der Waals surface area contributed by atoms with E-state index < -0.39 is 0 Å². The second-order valence-electron chi connectivity index (χ2n) is 3.70. The first-order valence-electron chi connectivity index (χ1n) is 4.38. The topological polar surface area (TPSA) is 12.4 Å². The van der Waals surface area contributed by atoms with E-state index in [1.165, 1.54) is 0 Å². The van der Waals surface area contributed by atoms with Gasteiger partial charge in [0, 0.05) is 12.8 Å². The Morgan fingerprint density at radius 1 is 1.45 bits per heavy atom. The van der Waals surface area contributed by atoms with Gasteiger partial charge < -0.3 is 0 Å². The minimum Gasteiger partial charge on any atom is -0.293 e. The molecule has 0 aromatic carbocycles. The molecule has 0 aromatic rings. The van der Waals surface area contributed by atoms with Crippen molar-refractivity contribution in [1.29, 1.82) is 0 Å². The van der Waals surface area contributed by atoms with Gasteiger partial charge in [0.2, 0.25) is 0 Å². The van der Waals surface area contributed by atoms with Gasteiger partial charge in [-0.3, -0.25) is 4.99 Å². The lowest BCUT2D eigenvalue weighted by Crippen LogP contribution is -2.17. The van der Waals surface area contributed by atoms with Crippen LogP contribution in [0.1, 0.15) is 20.8 Å². The number of rotatable bonds is 1. The zero-order valence-electron chi connectivity index (χ0n) is 7.62. The van der Waals surface area contributed by atoms with E-state index in [9.17, 15) is 0 Å². The van der Waals surface area contributed by atoms with Gasteiger partial charge in [-0.05, 0) is 23.8 Å². The molecule has 11 heavy (non-hydrogen) atoms. The number of aliphatic imine (C=N–C) groups is 1. The molecule has 62 valence electrons. The van der Waals surface area contributed by atoms with Crippen molar-refractivity contribution in [3.05, 3.63) is 12.2 Å². The lowest BCUT2D eigenvalue weighted by molar-refractivity contribution is 0.343. The Hall–Kier alpha value is -0.590. The maximum absolute atomic E-state index is 4.27. The van der Waals surface area contributed by atoms with Crippen LogP contribution in [-0.2, 0) is 0 Å². The van der Waals surface area contributed by atoms with Crippen LogP contribution in [0.5, 0.6) is 0 Å². The summed E-state index contributed by atoms with van der Waals surface area (Å²) in [5, 5.41) is 0. The monoisotopic (exact) mass is 151 g/mol. The van der Waals surface area contributed by atoms with Crippen molar-refractivity contribution in [2.75, 3.05) is 6.54 Å². The molecular formula is C10H17N. The van der Waals surface area contributed by atoms with Crippen LogP contribution in [-0.4, -0.2) is 12.8 Å². The molecule has 0 fully saturated rings. The summed E-state index contributed by atoms with van der Waals surface area (Å²) < 4.78 is 0. The highest BCUT2D eigenvalue weighted by atomic mass is 14.7. The first kappa shape index (κ1) is 8.51. The van der Waals surface area contributed by atoms with Crippen LogP contribution in [0.3, 0.4) is 0 Å². The molecule has 1 rings (SSSR count). The molecule has 1 heterocycles.